The maximum absolute atomic E-state index is 12.5. The summed E-state index contributed by atoms with van der Waals surface area (Å²) in [5.74, 6) is 1.22. The molecule has 0 radical (unpaired) electrons. The molecule has 0 saturated carbocycles. The number of ketones is 1. The molecule has 0 bridgehead atoms. The summed E-state index contributed by atoms with van der Waals surface area (Å²) in [6, 6.07) is 12.2. The standard InChI is InChI=1S/C22H22Cl2N6O/c1-3-25-20-28-21(26-4-2)30-22(29-20)27-17-10-6-15(7-11-17)19(31)12-8-14-5-9-16(23)13-18(14)24/h5-13H,3-4H2,1-2H3,(H3,25,26,27,28,29,30)/b12-8+. The van der Waals surface area contributed by atoms with Gasteiger partial charge in [0.2, 0.25) is 17.8 Å². The third-order valence-electron chi connectivity index (χ3n) is 4.11. The van der Waals surface area contributed by atoms with E-state index in [-0.39, 0.29) is 5.78 Å². The molecule has 0 aliphatic rings. The lowest BCUT2D eigenvalue weighted by Crippen LogP contribution is -2.10. The summed E-state index contributed by atoms with van der Waals surface area (Å²) in [6.07, 6.45) is 3.15. The van der Waals surface area contributed by atoms with Crippen LogP contribution in [0.5, 0.6) is 0 Å². The van der Waals surface area contributed by atoms with E-state index in [4.69, 9.17) is 23.2 Å². The fourth-order valence-corrected chi connectivity index (χ4v) is 3.12. The number of halogens is 2. The Morgan fingerprint density at radius 3 is 2.10 bits per heavy atom. The Kier molecular flexibility index (Phi) is 7.81. The molecule has 0 amide bonds. The average Bonchev–Trinajstić information content (AvgIpc) is 2.74. The number of allylic oxidation sites excluding steroid dienone is 1. The molecule has 3 N–H and O–H groups in total. The topological polar surface area (TPSA) is 91.8 Å². The molecule has 0 aliphatic heterocycles. The minimum atomic E-state index is -0.137. The predicted molar refractivity (Wildman–Crippen MR) is 128 cm³/mol. The number of nitrogens with zero attached hydrogens (tertiary/aromatic N) is 3. The summed E-state index contributed by atoms with van der Waals surface area (Å²) < 4.78 is 0. The summed E-state index contributed by atoms with van der Waals surface area (Å²) >= 11 is 12.0. The van der Waals surface area contributed by atoms with Crippen LogP contribution in [-0.4, -0.2) is 33.8 Å². The SMILES string of the molecule is CCNc1nc(NCC)nc(Nc2ccc(C(=O)/C=C/c3ccc(Cl)cc3Cl)cc2)n1. The van der Waals surface area contributed by atoms with E-state index in [1.54, 1.807) is 48.5 Å². The van der Waals surface area contributed by atoms with Crippen LogP contribution in [0, 0.1) is 0 Å². The lowest BCUT2D eigenvalue weighted by atomic mass is 10.1. The highest BCUT2D eigenvalue weighted by Gasteiger charge is 2.07. The maximum Gasteiger partial charge on any atom is 0.233 e. The Morgan fingerprint density at radius 1 is 0.903 bits per heavy atom. The normalized spacial score (nSPS) is 10.8. The van der Waals surface area contributed by atoms with Crippen LogP contribution in [0.3, 0.4) is 0 Å². The van der Waals surface area contributed by atoms with Crippen molar-refractivity contribution in [3.8, 4) is 0 Å². The second kappa shape index (κ2) is 10.7. The second-order valence-electron chi connectivity index (χ2n) is 6.43. The number of hydrogen-bond acceptors (Lipinski definition) is 7. The molecule has 0 fully saturated rings. The van der Waals surface area contributed by atoms with E-state index in [0.717, 1.165) is 11.3 Å². The smallest absolute Gasteiger partial charge is 0.233 e. The Morgan fingerprint density at radius 2 is 1.52 bits per heavy atom. The van der Waals surface area contributed by atoms with E-state index in [1.165, 1.54) is 6.08 Å². The number of anilines is 4. The van der Waals surface area contributed by atoms with E-state index in [2.05, 4.69) is 30.9 Å². The largest absolute Gasteiger partial charge is 0.354 e. The van der Waals surface area contributed by atoms with Gasteiger partial charge < -0.3 is 16.0 Å². The molecule has 0 spiro atoms. The molecule has 0 aliphatic carbocycles. The van der Waals surface area contributed by atoms with Crippen molar-refractivity contribution in [1.82, 2.24) is 15.0 Å². The molecule has 0 saturated heterocycles. The monoisotopic (exact) mass is 456 g/mol. The fourth-order valence-electron chi connectivity index (χ4n) is 2.65. The number of carbonyl (C=O) groups is 1. The van der Waals surface area contributed by atoms with Crippen LogP contribution in [-0.2, 0) is 0 Å². The number of hydrogen-bond donors (Lipinski definition) is 3. The molecule has 3 rings (SSSR count). The van der Waals surface area contributed by atoms with Gasteiger partial charge in [0.1, 0.15) is 0 Å². The summed E-state index contributed by atoms with van der Waals surface area (Å²) in [5.41, 5.74) is 2.02. The number of aromatic nitrogens is 3. The Bertz CT molecular complexity index is 1060. The third kappa shape index (κ3) is 6.41. The zero-order valence-electron chi connectivity index (χ0n) is 17.1. The molecule has 0 unspecified atom stereocenters. The van der Waals surface area contributed by atoms with E-state index in [9.17, 15) is 4.79 Å². The first-order chi connectivity index (χ1) is 15.0. The minimum Gasteiger partial charge on any atom is -0.354 e. The lowest BCUT2D eigenvalue weighted by Gasteiger charge is -2.10. The van der Waals surface area contributed by atoms with Gasteiger partial charge in [0.05, 0.1) is 0 Å². The van der Waals surface area contributed by atoms with Crippen LogP contribution in [0.4, 0.5) is 23.5 Å². The molecule has 2 aromatic carbocycles. The van der Waals surface area contributed by atoms with Gasteiger partial charge in [-0.15, -0.1) is 0 Å². The highest BCUT2D eigenvalue weighted by atomic mass is 35.5. The van der Waals surface area contributed by atoms with E-state index >= 15 is 0 Å². The van der Waals surface area contributed by atoms with Gasteiger partial charge in [-0.2, -0.15) is 15.0 Å². The first-order valence-electron chi connectivity index (χ1n) is 9.77. The van der Waals surface area contributed by atoms with E-state index in [1.807, 2.05) is 13.8 Å². The van der Waals surface area contributed by atoms with Crippen molar-refractivity contribution >= 4 is 58.6 Å². The summed E-state index contributed by atoms with van der Waals surface area (Å²) in [5, 5.41) is 10.3. The van der Waals surface area contributed by atoms with E-state index < -0.39 is 0 Å². The molecular weight excluding hydrogens is 435 g/mol. The molecule has 1 heterocycles. The van der Waals surface area contributed by atoms with Crippen LogP contribution in [0.2, 0.25) is 10.0 Å². The van der Waals surface area contributed by atoms with Crippen molar-refractivity contribution in [3.63, 3.8) is 0 Å². The quantitative estimate of drug-likeness (QED) is 0.281. The Labute approximate surface area is 190 Å². The minimum absolute atomic E-state index is 0.137. The molecule has 0 atom stereocenters. The molecule has 160 valence electrons. The van der Waals surface area contributed by atoms with Crippen molar-refractivity contribution in [1.29, 1.82) is 0 Å². The molecular formula is C22H22Cl2N6O. The third-order valence-corrected chi connectivity index (χ3v) is 4.67. The number of carbonyl (C=O) groups excluding carboxylic acids is 1. The average molecular weight is 457 g/mol. The predicted octanol–water partition coefficient (Wildman–Crippen LogP) is 5.68. The second-order valence-corrected chi connectivity index (χ2v) is 7.28. The summed E-state index contributed by atoms with van der Waals surface area (Å²) in [7, 11) is 0. The Balaban J connectivity index is 1.71. The highest BCUT2D eigenvalue weighted by molar-refractivity contribution is 6.35. The van der Waals surface area contributed by atoms with Gasteiger partial charge in [-0.1, -0.05) is 29.3 Å². The molecule has 31 heavy (non-hydrogen) atoms. The van der Waals surface area contributed by atoms with Gasteiger partial charge in [0, 0.05) is 34.4 Å². The van der Waals surface area contributed by atoms with Gasteiger partial charge in [-0.05, 0) is 68.0 Å². The van der Waals surface area contributed by atoms with Gasteiger partial charge in [-0.25, -0.2) is 0 Å². The molecule has 3 aromatic rings. The molecule has 9 heteroatoms. The van der Waals surface area contributed by atoms with Gasteiger partial charge >= 0.3 is 0 Å². The van der Waals surface area contributed by atoms with Crippen molar-refractivity contribution in [3.05, 3.63) is 69.7 Å². The van der Waals surface area contributed by atoms with Crippen molar-refractivity contribution in [2.45, 2.75) is 13.8 Å². The highest BCUT2D eigenvalue weighted by Crippen LogP contribution is 2.22. The first-order valence-corrected chi connectivity index (χ1v) is 10.5. The van der Waals surface area contributed by atoms with Crippen molar-refractivity contribution < 1.29 is 4.79 Å². The number of nitrogens with one attached hydrogen (secondary N) is 3. The summed E-state index contributed by atoms with van der Waals surface area (Å²) in [6.45, 7) is 5.32. The van der Waals surface area contributed by atoms with Gasteiger partial charge in [0.15, 0.2) is 5.78 Å². The van der Waals surface area contributed by atoms with Crippen LogP contribution in [0.25, 0.3) is 6.08 Å². The number of rotatable bonds is 9. The van der Waals surface area contributed by atoms with Crippen molar-refractivity contribution in [2.75, 3.05) is 29.0 Å². The van der Waals surface area contributed by atoms with E-state index in [0.29, 0.717) is 46.5 Å². The number of benzene rings is 2. The van der Waals surface area contributed by atoms with Crippen molar-refractivity contribution in [2.24, 2.45) is 0 Å². The van der Waals surface area contributed by atoms with Gasteiger partial charge in [0.25, 0.3) is 0 Å². The van der Waals surface area contributed by atoms with Crippen LogP contribution in [0.1, 0.15) is 29.8 Å². The fraction of sp³-hybridized carbons (Fsp3) is 0.182. The van der Waals surface area contributed by atoms with Crippen LogP contribution in [0.15, 0.2) is 48.5 Å². The zero-order chi connectivity index (χ0) is 22.2. The first kappa shape index (κ1) is 22.5. The summed E-state index contributed by atoms with van der Waals surface area (Å²) in [4.78, 5) is 25.5. The lowest BCUT2D eigenvalue weighted by molar-refractivity contribution is 0.104. The maximum atomic E-state index is 12.5. The van der Waals surface area contributed by atoms with Gasteiger partial charge in [-0.3, -0.25) is 4.79 Å². The molecule has 1 aromatic heterocycles. The van der Waals surface area contributed by atoms with Crippen LogP contribution >= 0.6 is 23.2 Å². The molecule has 7 nitrogen and oxygen atoms in total. The van der Waals surface area contributed by atoms with Crippen LogP contribution < -0.4 is 16.0 Å². The zero-order valence-corrected chi connectivity index (χ0v) is 18.6. The Hall–Kier alpha value is -3.16.